The summed E-state index contributed by atoms with van der Waals surface area (Å²) in [7, 11) is 1.70. The van der Waals surface area contributed by atoms with Crippen LogP contribution in [-0.2, 0) is 0 Å². The van der Waals surface area contributed by atoms with Gasteiger partial charge in [0.1, 0.15) is 5.82 Å². The summed E-state index contributed by atoms with van der Waals surface area (Å²) in [4.78, 5) is 29.1. The van der Waals surface area contributed by atoms with Gasteiger partial charge in [-0.25, -0.2) is 4.39 Å². The Bertz CT molecular complexity index is 1080. The van der Waals surface area contributed by atoms with E-state index in [1.54, 1.807) is 48.0 Å². The van der Waals surface area contributed by atoms with E-state index in [0.717, 1.165) is 12.8 Å². The number of aromatic nitrogens is 3. The van der Waals surface area contributed by atoms with E-state index in [0.29, 0.717) is 40.8 Å². The summed E-state index contributed by atoms with van der Waals surface area (Å²) >= 11 is 0. The predicted molar refractivity (Wildman–Crippen MR) is 106 cm³/mol. The van der Waals surface area contributed by atoms with E-state index < -0.39 is 5.82 Å². The maximum absolute atomic E-state index is 14.4. The lowest BCUT2D eigenvalue weighted by atomic mass is 10.0. The number of likely N-dealkylation sites (N-methyl/N-ethyl adjacent to an activating group) is 1. The second-order valence-corrected chi connectivity index (χ2v) is 7.40. The number of hydrogen-bond acceptors (Lipinski definition) is 4. The van der Waals surface area contributed by atoms with Crippen molar-refractivity contribution in [3.8, 4) is 0 Å². The first-order valence-electron chi connectivity index (χ1n) is 9.58. The van der Waals surface area contributed by atoms with Crippen molar-refractivity contribution in [2.75, 3.05) is 20.1 Å². The van der Waals surface area contributed by atoms with Gasteiger partial charge in [-0.2, -0.15) is 15.4 Å². The van der Waals surface area contributed by atoms with Gasteiger partial charge in [0.15, 0.2) is 5.69 Å². The Labute approximate surface area is 167 Å². The van der Waals surface area contributed by atoms with Crippen LogP contribution < -0.4 is 0 Å². The van der Waals surface area contributed by atoms with Crippen molar-refractivity contribution in [2.45, 2.75) is 25.8 Å². The van der Waals surface area contributed by atoms with E-state index in [1.165, 1.54) is 6.07 Å². The van der Waals surface area contributed by atoms with Gasteiger partial charge in [-0.15, -0.1) is 0 Å². The minimum absolute atomic E-state index is 0.151. The zero-order valence-corrected chi connectivity index (χ0v) is 16.4. The second kappa shape index (κ2) is 7.62. The molecular formula is C21H22FN5O2. The van der Waals surface area contributed by atoms with Crippen LogP contribution in [-0.4, -0.2) is 63.2 Å². The van der Waals surface area contributed by atoms with Gasteiger partial charge in [-0.1, -0.05) is 24.3 Å². The van der Waals surface area contributed by atoms with Gasteiger partial charge in [0, 0.05) is 37.1 Å². The van der Waals surface area contributed by atoms with Crippen LogP contribution in [0.15, 0.2) is 36.4 Å². The number of nitrogens with zero attached hydrogens (tertiary/aromatic N) is 4. The lowest BCUT2D eigenvalue weighted by Crippen LogP contribution is -2.50. The average Bonchev–Trinajstić information content (AvgIpc) is 3.18. The molecule has 7 nitrogen and oxygen atoms in total. The standard InChI is InChI=1S/C21H22FN5O2/c1-13-19(24-25-23-13)21(29)27-9-5-7-16(12-27)26(2)20(28)15-10-14-6-3-4-8-17(14)18(22)11-15/h3-4,6,8,10-11,16H,5,7,9,12H2,1-2H3,(H,23,24,25)/t16-/m0/s1. The monoisotopic (exact) mass is 395 g/mol. The topological polar surface area (TPSA) is 82.2 Å². The first-order valence-corrected chi connectivity index (χ1v) is 9.58. The van der Waals surface area contributed by atoms with E-state index in [-0.39, 0.29) is 17.9 Å². The number of benzene rings is 2. The van der Waals surface area contributed by atoms with Crippen molar-refractivity contribution in [3.63, 3.8) is 0 Å². The molecule has 2 heterocycles. The molecule has 1 aliphatic heterocycles. The molecule has 1 fully saturated rings. The molecular weight excluding hydrogens is 373 g/mol. The highest BCUT2D eigenvalue weighted by atomic mass is 19.1. The van der Waals surface area contributed by atoms with Gasteiger partial charge < -0.3 is 9.80 Å². The number of hydrogen-bond donors (Lipinski definition) is 1. The molecule has 3 aromatic rings. The third-order valence-electron chi connectivity index (χ3n) is 5.53. The number of aromatic amines is 1. The molecule has 2 amide bonds. The second-order valence-electron chi connectivity index (χ2n) is 7.40. The molecule has 1 N–H and O–H groups in total. The summed E-state index contributed by atoms with van der Waals surface area (Å²) in [6.07, 6.45) is 1.55. The molecule has 2 aromatic carbocycles. The van der Waals surface area contributed by atoms with Crippen LogP contribution in [0.3, 0.4) is 0 Å². The van der Waals surface area contributed by atoms with Gasteiger partial charge >= 0.3 is 0 Å². The summed E-state index contributed by atoms with van der Waals surface area (Å²) in [6.45, 7) is 2.74. The molecule has 1 atom stereocenters. The van der Waals surface area contributed by atoms with Crippen LogP contribution in [0.4, 0.5) is 4.39 Å². The number of carbonyl (C=O) groups excluding carboxylic acids is 2. The number of amides is 2. The Hall–Kier alpha value is -3.29. The minimum Gasteiger partial charge on any atom is -0.337 e. The van der Waals surface area contributed by atoms with Gasteiger partial charge in [-0.3, -0.25) is 9.59 Å². The third kappa shape index (κ3) is 3.57. The van der Waals surface area contributed by atoms with Crippen LogP contribution in [0.2, 0.25) is 0 Å². The summed E-state index contributed by atoms with van der Waals surface area (Å²) in [5, 5.41) is 11.5. The number of nitrogens with one attached hydrogen (secondary N) is 1. The Morgan fingerprint density at radius 1 is 1.24 bits per heavy atom. The number of rotatable bonds is 3. The molecule has 29 heavy (non-hydrogen) atoms. The number of halogens is 1. The first-order chi connectivity index (χ1) is 14.0. The molecule has 4 rings (SSSR count). The van der Waals surface area contributed by atoms with E-state index in [9.17, 15) is 14.0 Å². The SMILES string of the molecule is Cc1n[nH]nc1C(=O)N1CCC[C@H](N(C)C(=O)c2cc(F)c3ccccc3c2)C1. The van der Waals surface area contributed by atoms with Crippen molar-refractivity contribution in [2.24, 2.45) is 0 Å². The zero-order valence-electron chi connectivity index (χ0n) is 16.4. The normalized spacial score (nSPS) is 16.8. The number of H-pyrrole nitrogens is 1. The smallest absolute Gasteiger partial charge is 0.276 e. The van der Waals surface area contributed by atoms with Crippen LogP contribution in [0.25, 0.3) is 10.8 Å². The molecule has 0 bridgehead atoms. The highest BCUT2D eigenvalue weighted by Gasteiger charge is 2.31. The van der Waals surface area contributed by atoms with Gasteiger partial charge in [0.2, 0.25) is 0 Å². The van der Waals surface area contributed by atoms with Crippen LogP contribution >= 0.6 is 0 Å². The molecule has 0 unspecified atom stereocenters. The quantitative estimate of drug-likeness (QED) is 0.739. The van der Waals surface area contributed by atoms with Crippen LogP contribution in [0, 0.1) is 12.7 Å². The maximum Gasteiger partial charge on any atom is 0.276 e. The lowest BCUT2D eigenvalue weighted by Gasteiger charge is -2.37. The number of fused-ring (bicyclic) bond motifs is 1. The maximum atomic E-state index is 14.4. The van der Waals surface area contributed by atoms with Crippen molar-refractivity contribution >= 4 is 22.6 Å². The van der Waals surface area contributed by atoms with Crippen LogP contribution in [0.1, 0.15) is 39.4 Å². The molecule has 1 aliphatic rings. The molecule has 1 saturated heterocycles. The fourth-order valence-corrected chi connectivity index (χ4v) is 3.85. The molecule has 0 radical (unpaired) electrons. The first kappa shape index (κ1) is 19.0. The van der Waals surface area contributed by atoms with Crippen molar-refractivity contribution in [1.82, 2.24) is 25.2 Å². The van der Waals surface area contributed by atoms with E-state index >= 15 is 0 Å². The number of piperidine rings is 1. The van der Waals surface area contributed by atoms with Crippen LogP contribution in [0.5, 0.6) is 0 Å². The number of likely N-dealkylation sites (tertiary alicyclic amines) is 1. The fraction of sp³-hybridized carbons (Fsp3) is 0.333. The third-order valence-corrected chi connectivity index (χ3v) is 5.53. The highest BCUT2D eigenvalue weighted by molar-refractivity contribution is 5.99. The highest BCUT2D eigenvalue weighted by Crippen LogP contribution is 2.23. The van der Waals surface area contributed by atoms with Gasteiger partial charge in [0.25, 0.3) is 11.8 Å². The lowest BCUT2D eigenvalue weighted by molar-refractivity contribution is 0.0517. The average molecular weight is 395 g/mol. The van der Waals surface area contributed by atoms with Gasteiger partial charge in [-0.05, 0) is 37.3 Å². The summed E-state index contributed by atoms with van der Waals surface area (Å²) in [6, 6.07) is 9.91. The van der Waals surface area contributed by atoms with Gasteiger partial charge in [0.05, 0.1) is 5.69 Å². The van der Waals surface area contributed by atoms with Crippen molar-refractivity contribution in [3.05, 3.63) is 59.2 Å². The van der Waals surface area contributed by atoms with Crippen molar-refractivity contribution < 1.29 is 14.0 Å². The molecule has 1 aromatic heterocycles. The molecule has 0 spiro atoms. The summed E-state index contributed by atoms with van der Waals surface area (Å²) in [5.74, 6) is -0.869. The zero-order chi connectivity index (χ0) is 20.5. The molecule has 0 saturated carbocycles. The van der Waals surface area contributed by atoms with Crippen molar-refractivity contribution in [1.29, 1.82) is 0 Å². The summed E-state index contributed by atoms with van der Waals surface area (Å²) < 4.78 is 14.4. The predicted octanol–water partition coefficient (Wildman–Crippen LogP) is 2.78. The summed E-state index contributed by atoms with van der Waals surface area (Å²) in [5.41, 5.74) is 1.16. The van der Waals surface area contributed by atoms with E-state index in [2.05, 4.69) is 15.4 Å². The minimum atomic E-state index is -0.415. The Kier molecular flexibility index (Phi) is 5.00. The molecule has 8 heteroatoms. The number of carbonyl (C=O) groups is 2. The van der Waals surface area contributed by atoms with E-state index in [4.69, 9.17) is 0 Å². The Balaban J connectivity index is 1.53. The number of aryl methyl sites for hydroxylation is 1. The Morgan fingerprint density at radius 3 is 2.79 bits per heavy atom. The fourth-order valence-electron chi connectivity index (χ4n) is 3.85. The van der Waals surface area contributed by atoms with E-state index in [1.807, 2.05) is 6.07 Å². The largest absolute Gasteiger partial charge is 0.337 e. The Morgan fingerprint density at radius 2 is 2.03 bits per heavy atom. The molecule has 0 aliphatic carbocycles. The molecule has 150 valence electrons.